The fourth-order valence-corrected chi connectivity index (χ4v) is 1.56. The van der Waals surface area contributed by atoms with Crippen LogP contribution in [0.2, 0.25) is 0 Å². The molecule has 0 amide bonds. The summed E-state index contributed by atoms with van der Waals surface area (Å²) in [5, 5.41) is 8.75. The second-order valence-corrected chi connectivity index (χ2v) is 3.82. The zero-order chi connectivity index (χ0) is 13.8. The Kier molecular flexibility index (Phi) is 3.75. The molecule has 2 aromatic carbocycles. The Labute approximate surface area is 108 Å². The molecule has 0 fully saturated rings. The summed E-state index contributed by atoms with van der Waals surface area (Å²) in [5.41, 5.74) is 0.103. The van der Waals surface area contributed by atoms with Gasteiger partial charge in [0.2, 0.25) is 0 Å². The van der Waals surface area contributed by atoms with Crippen molar-refractivity contribution in [3.8, 4) is 5.75 Å². The van der Waals surface area contributed by atoms with Crippen molar-refractivity contribution >= 4 is 5.97 Å². The first kappa shape index (κ1) is 13.0. The quantitative estimate of drug-likeness (QED) is 0.922. The summed E-state index contributed by atoms with van der Waals surface area (Å²) in [6.45, 7) is -0.0439. The van der Waals surface area contributed by atoms with Crippen molar-refractivity contribution in [1.29, 1.82) is 0 Å². The molecule has 2 rings (SSSR count). The second-order valence-electron chi connectivity index (χ2n) is 3.82. The molecule has 0 saturated heterocycles. The average molecular weight is 264 g/mol. The van der Waals surface area contributed by atoms with E-state index in [-0.39, 0.29) is 6.61 Å². The number of halogens is 2. The first-order chi connectivity index (χ1) is 9.09. The van der Waals surface area contributed by atoms with Crippen molar-refractivity contribution in [1.82, 2.24) is 0 Å². The van der Waals surface area contributed by atoms with E-state index in [0.717, 1.165) is 17.7 Å². The zero-order valence-corrected chi connectivity index (χ0v) is 9.77. The van der Waals surface area contributed by atoms with Gasteiger partial charge >= 0.3 is 5.97 Å². The van der Waals surface area contributed by atoms with Crippen LogP contribution in [0.3, 0.4) is 0 Å². The normalized spacial score (nSPS) is 10.2. The maximum absolute atomic E-state index is 13.7. The van der Waals surface area contributed by atoms with Gasteiger partial charge in [0.15, 0.2) is 17.4 Å². The highest BCUT2D eigenvalue weighted by atomic mass is 19.1. The van der Waals surface area contributed by atoms with Gasteiger partial charge in [-0.2, -0.15) is 0 Å². The van der Waals surface area contributed by atoms with Gasteiger partial charge in [-0.1, -0.05) is 30.3 Å². The summed E-state index contributed by atoms with van der Waals surface area (Å²) in [7, 11) is 0. The third kappa shape index (κ3) is 2.88. The van der Waals surface area contributed by atoms with E-state index in [1.807, 2.05) is 0 Å². The molecule has 0 atom stereocenters. The van der Waals surface area contributed by atoms with E-state index in [2.05, 4.69) is 0 Å². The first-order valence-electron chi connectivity index (χ1n) is 5.47. The van der Waals surface area contributed by atoms with E-state index < -0.39 is 28.9 Å². The molecule has 0 aliphatic rings. The molecule has 0 aliphatic carbocycles. The van der Waals surface area contributed by atoms with Crippen LogP contribution in [0.25, 0.3) is 0 Å². The van der Waals surface area contributed by atoms with Gasteiger partial charge in [-0.3, -0.25) is 0 Å². The van der Waals surface area contributed by atoms with Gasteiger partial charge in [0.25, 0.3) is 0 Å². The predicted octanol–water partition coefficient (Wildman–Crippen LogP) is 3.24. The van der Waals surface area contributed by atoms with Gasteiger partial charge in [-0.05, 0) is 17.7 Å². The minimum absolute atomic E-state index is 0.0439. The number of hydrogen-bond acceptors (Lipinski definition) is 2. The third-order valence-electron chi connectivity index (χ3n) is 2.51. The SMILES string of the molecule is O=C(O)c1ccc(F)c(OCc2ccccc2)c1F. The monoisotopic (exact) mass is 264 g/mol. The van der Waals surface area contributed by atoms with Crippen LogP contribution in [0.4, 0.5) is 8.78 Å². The molecule has 0 aromatic heterocycles. The molecule has 5 heteroatoms. The van der Waals surface area contributed by atoms with Crippen LogP contribution in [-0.4, -0.2) is 11.1 Å². The lowest BCUT2D eigenvalue weighted by Crippen LogP contribution is -2.06. The Morgan fingerprint density at radius 1 is 1.11 bits per heavy atom. The van der Waals surface area contributed by atoms with Crippen LogP contribution in [-0.2, 0) is 6.61 Å². The standard InChI is InChI=1S/C14H10F2O3/c15-11-7-6-10(14(17)18)12(16)13(11)19-8-9-4-2-1-3-5-9/h1-7H,8H2,(H,17,18). The lowest BCUT2D eigenvalue weighted by Gasteiger charge is -2.09. The van der Waals surface area contributed by atoms with Crippen molar-refractivity contribution < 1.29 is 23.4 Å². The van der Waals surface area contributed by atoms with Crippen molar-refractivity contribution in [3.05, 3.63) is 65.2 Å². The van der Waals surface area contributed by atoms with E-state index in [4.69, 9.17) is 9.84 Å². The van der Waals surface area contributed by atoms with Gasteiger partial charge in [0.05, 0.1) is 5.56 Å². The van der Waals surface area contributed by atoms with Crippen molar-refractivity contribution in [2.24, 2.45) is 0 Å². The number of carboxylic acid groups (broad SMARTS) is 1. The topological polar surface area (TPSA) is 46.5 Å². The van der Waals surface area contributed by atoms with Crippen LogP contribution in [0, 0.1) is 11.6 Å². The Hall–Kier alpha value is -2.43. The van der Waals surface area contributed by atoms with Gasteiger partial charge in [0, 0.05) is 0 Å². The zero-order valence-electron chi connectivity index (χ0n) is 9.77. The van der Waals surface area contributed by atoms with Crippen molar-refractivity contribution in [3.63, 3.8) is 0 Å². The maximum Gasteiger partial charge on any atom is 0.338 e. The highest BCUT2D eigenvalue weighted by Gasteiger charge is 2.19. The number of aromatic carboxylic acids is 1. The molecule has 0 saturated carbocycles. The molecule has 98 valence electrons. The highest BCUT2D eigenvalue weighted by Crippen LogP contribution is 2.25. The fourth-order valence-electron chi connectivity index (χ4n) is 1.56. The van der Waals surface area contributed by atoms with E-state index in [0.29, 0.717) is 0 Å². The first-order valence-corrected chi connectivity index (χ1v) is 5.47. The van der Waals surface area contributed by atoms with E-state index in [1.165, 1.54) is 0 Å². The summed E-state index contributed by atoms with van der Waals surface area (Å²) in [6.07, 6.45) is 0. The maximum atomic E-state index is 13.7. The molecular weight excluding hydrogens is 254 g/mol. The lowest BCUT2D eigenvalue weighted by atomic mass is 10.2. The highest BCUT2D eigenvalue weighted by molar-refractivity contribution is 5.88. The molecule has 2 aromatic rings. The number of carbonyl (C=O) groups is 1. The van der Waals surface area contributed by atoms with Crippen LogP contribution < -0.4 is 4.74 Å². The molecule has 0 unspecified atom stereocenters. The van der Waals surface area contributed by atoms with Crippen LogP contribution in [0.5, 0.6) is 5.75 Å². The summed E-state index contributed by atoms with van der Waals surface area (Å²) < 4.78 is 32.2. The average Bonchev–Trinajstić information content (AvgIpc) is 2.39. The molecule has 0 bridgehead atoms. The molecule has 0 spiro atoms. The Morgan fingerprint density at radius 3 is 2.42 bits per heavy atom. The largest absolute Gasteiger partial charge is 0.483 e. The van der Waals surface area contributed by atoms with E-state index in [1.54, 1.807) is 30.3 Å². The van der Waals surface area contributed by atoms with Crippen LogP contribution in [0.1, 0.15) is 15.9 Å². The van der Waals surface area contributed by atoms with Gasteiger partial charge in [-0.25, -0.2) is 13.6 Å². The molecule has 19 heavy (non-hydrogen) atoms. The molecule has 1 N–H and O–H groups in total. The number of hydrogen-bond donors (Lipinski definition) is 1. The van der Waals surface area contributed by atoms with Crippen molar-refractivity contribution in [2.45, 2.75) is 6.61 Å². The smallest absolute Gasteiger partial charge is 0.338 e. The number of benzene rings is 2. The van der Waals surface area contributed by atoms with Gasteiger partial charge in [-0.15, -0.1) is 0 Å². The summed E-state index contributed by atoms with van der Waals surface area (Å²) in [4.78, 5) is 10.7. The fraction of sp³-hybridized carbons (Fsp3) is 0.0714. The Bertz CT molecular complexity index is 597. The molecule has 3 nitrogen and oxygen atoms in total. The number of ether oxygens (including phenoxy) is 1. The second kappa shape index (κ2) is 5.48. The van der Waals surface area contributed by atoms with Gasteiger partial charge in [0.1, 0.15) is 6.61 Å². The van der Waals surface area contributed by atoms with E-state index >= 15 is 0 Å². The predicted molar refractivity (Wildman–Crippen MR) is 64.1 cm³/mol. The summed E-state index contributed by atoms with van der Waals surface area (Å²) in [5.74, 6) is -4.28. The third-order valence-corrected chi connectivity index (χ3v) is 2.51. The summed E-state index contributed by atoms with van der Waals surface area (Å²) >= 11 is 0. The Balaban J connectivity index is 2.25. The van der Waals surface area contributed by atoms with Gasteiger partial charge < -0.3 is 9.84 Å². The number of rotatable bonds is 4. The van der Waals surface area contributed by atoms with Crippen LogP contribution >= 0.6 is 0 Å². The van der Waals surface area contributed by atoms with E-state index in [9.17, 15) is 13.6 Å². The number of carboxylic acids is 1. The molecular formula is C14H10F2O3. The minimum atomic E-state index is -1.47. The Morgan fingerprint density at radius 2 is 1.79 bits per heavy atom. The van der Waals surface area contributed by atoms with Crippen molar-refractivity contribution in [2.75, 3.05) is 0 Å². The lowest BCUT2D eigenvalue weighted by molar-refractivity contribution is 0.0690. The molecule has 0 heterocycles. The molecule has 0 aliphatic heterocycles. The summed E-state index contributed by atoms with van der Waals surface area (Å²) in [6, 6.07) is 10.5. The molecule has 0 radical (unpaired) electrons. The minimum Gasteiger partial charge on any atom is -0.483 e. The van der Waals surface area contributed by atoms with Crippen LogP contribution in [0.15, 0.2) is 42.5 Å².